The highest BCUT2D eigenvalue weighted by Crippen LogP contribution is 2.26. The summed E-state index contributed by atoms with van der Waals surface area (Å²) in [5.41, 5.74) is 0.139. The molecule has 0 aliphatic rings. The smallest absolute Gasteiger partial charge is 0.405 e. The number of alkyl halides is 3. The first-order valence-corrected chi connectivity index (χ1v) is 8.11. The number of rotatable bonds is 5. The number of carbonyl (C=O) groups excluding carboxylic acids is 1. The van der Waals surface area contributed by atoms with E-state index in [1.807, 2.05) is 0 Å². The molecule has 0 unspecified atom stereocenters. The molecule has 0 spiro atoms. The number of amides is 1. The van der Waals surface area contributed by atoms with Gasteiger partial charge < -0.3 is 10.1 Å². The summed E-state index contributed by atoms with van der Waals surface area (Å²) in [4.78, 5) is 24.4. The predicted octanol–water partition coefficient (Wildman–Crippen LogP) is 3.06. The number of halogens is 3. The molecule has 3 aromatic rings. The number of carbonyl (C=O) groups is 1. The van der Waals surface area contributed by atoms with Crippen LogP contribution in [-0.4, -0.2) is 22.1 Å². The largest absolute Gasteiger partial charge is 0.573 e. The fourth-order valence-corrected chi connectivity index (χ4v) is 2.43. The van der Waals surface area contributed by atoms with Gasteiger partial charge in [-0.2, -0.15) is 9.78 Å². The van der Waals surface area contributed by atoms with Gasteiger partial charge in [-0.3, -0.25) is 9.59 Å². The maximum Gasteiger partial charge on any atom is 0.573 e. The highest BCUT2D eigenvalue weighted by atomic mass is 19.4. The third-order valence-electron chi connectivity index (χ3n) is 3.67. The molecule has 0 saturated heterocycles. The first-order chi connectivity index (χ1) is 13.3. The Kier molecular flexibility index (Phi) is 5.44. The molecule has 144 valence electrons. The van der Waals surface area contributed by atoms with E-state index in [-0.39, 0.29) is 17.8 Å². The van der Waals surface area contributed by atoms with Crippen LogP contribution in [0, 0.1) is 0 Å². The molecule has 28 heavy (non-hydrogen) atoms. The lowest BCUT2D eigenvalue weighted by Gasteiger charge is -2.13. The average Bonchev–Trinajstić information content (AvgIpc) is 2.67. The van der Waals surface area contributed by atoms with Crippen LogP contribution in [0.2, 0.25) is 0 Å². The van der Waals surface area contributed by atoms with E-state index in [4.69, 9.17) is 0 Å². The summed E-state index contributed by atoms with van der Waals surface area (Å²) >= 11 is 0. The van der Waals surface area contributed by atoms with Crippen molar-refractivity contribution in [1.29, 1.82) is 0 Å². The van der Waals surface area contributed by atoms with Gasteiger partial charge in [0.15, 0.2) is 0 Å². The summed E-state index contributed by atoms with van der Waals surface area (Å²) in [5, 5.41) is 6.49. The first kappa shape index (κ1) is 19.2. The molecule has 1 heterocycles. The van der Waals surface area contributed by atoms with Crippen LogP contribution in [0.3, 0.4) is 0 Å². The summed E-state index contributed by atoms with van der Waals surface area (Å²) in [6.07, 6.45) is -4.84. The van der Waals surface area contributed by atoms with Gasteiger partial charge in [-0.25, -0.2) is 0 Å². The van der Waals surface area contributed by atoms with Gasteiger partial charge in [0.25, 0.3) is 11.5 Å². The number of nitrogens with one attached hydrogen (secondary N) is 1. The summed E-state index contributed by atoms with van der Waals surface area (Å²) < 4.78 is 42.4. The van der Waals surface area contributed by atoms with Crippen LogP contribution in [0.25, 0.3) is 5.69 Å². The number of para-hydroxylation sites is 2. The Balaban J connectivity index is 1.77. The first-order valence-electron chi connectivity index (χ1n) is 8.11. The Labute approximate surface area is 157 Å². The van der Waals surface area contributed by atoms with Crippen LogP contribution >= 0.6 is 0 Å². The zero-order chi connectivity index (χ0) is 20.1. The summed E-state index contributed by atoms with van der Waals surface area (Å²) in [6.45, 7) is -0.211. The van der Waals surface area contributed by atoms with Crippen LogP contribution < -0.4 is 15.6 Å². The minimum absolute atomic E-state index is 0.0577. The number of hydrogen-bond acceptors (Lipinski definition) is 4. The monoisotopic (exact) mass is 389 g/mol. The Bertz CT molecular complexity index is 1030. The van der Waals surface area contributed by atoms with Gasteiger partial charge in [-0.05, 0) is 24.3 Å². The van der Waals surface area contributed by atoms with Crippen molar-refractivity contribution in [3.63, 3.8) is 0 Å². The normalized spacial score (nSPS) is 11.1. The fraction of sp³-hybridized carbons (Fsp3) is 0.105. The highest BCUT2D eigenvalue weighted by Gasteiger charge is 2.32. The van der Waals surface area contributed by atoms with Gasteiger partial charge in [-0.1, -0.05) is 36.4 Å². The number of nitrogens with zero attached hydrogens (tertiary/aromatic N) is 2. The average molecular weight is 389 g/mol. The van der Waals surface area contributed by atoms with E-state index >= 15 is 0 Å². The van der Waals surface area contributed by atoms with E-state index in [9.17, 15) is 22.8 Å². The maximum atomic E-state index is 12.5. The van der Waals surface area contributed by atoms with Crippen molar-refractivity contribution in [2.45, 2.75) is 12.9 Å². The van der Waals surface area contributed by atoms with Crippen LogP contribution in [0.1, 0.15) is 16.1 Å². The Morgan fingerprint density at radius 2 is 1.68 bits per heavy atom. The molecule has 0 saturated carbocycles. The topological polar surface area (TPSA) is 73.2 Å². The SMILES string of the molecule is O=C(NCc1ccccc1OC(F)(F)F)c1ccc(=O)n(-c2ccccc2)n1. The van der Waals surface area contributed by atoms with Gasteiger partial charge in [0.05, 0.1) is 5.69 Å². The van der Waals surface area contributed by atoms with Crippen LogP contribution in [0.5, 0.6) is 5.75 Å². The predicted molar refractivity (Wildman–Crippen MR) is 94.1 cm³/mol. The maximum absolute atomic E-state index is 12.5. The van der Waals surface area contributed by atoms with E-state index < -0.39 is 23.6 Å². The molecular weight excluding hydrogens is 375 g/mol. The van der Waals surface area contributed by atoms with E-state index in [0.717, 1.165) is 10.7 Å². The van der Waals surface area contributed by atoms with Crippen LogP contribution in [-0.2, 0) is 6.54 Å². The van der Waals surface area contributed by atoms with E-state index in [0.29, 0.717) is 5.69 Å². The van der Waals surface area contributed by atoms with E-state index in [2.05, 4.69) is 15.2 Å². The summed E-state index contributed by atoms with van der Waals surface area (Å²) in [7, 11) is 0. The number of ether oxygens (including phenoxy) is 1. The Morgan fingerprint density at radius 1 is 1.00 bits per heavy atom. The van der Waals surface area contributed by atoms with E-state index in [1.54, 1.807) is 30.3 Å². The van der Waals surface area contributed by atoms with Crippen molar-refractivity contribution in [3.8, 4) is 11.4 Å². The molecule has 0 fully saturated rings. The lowest BCUT2D eigenvalue weighted by Crippen LogP contribution is -2.29. The molecule has 1 amide bonds. The number of benzene rings is 2. The van der Waals surface area contributed by atoms with Crippen molar-refractivity contribution < 1.29 is 22.7 Å². The molecule has 0 aliphatic carbocycles. The second-order valence-corrected chi connectivity index (χ2v) is 5.64. The van der Waals surface area contributed by atoms with Gasteiger partial charge in [0.2, 0.25) is 0 Å². The van der Waals surface area contributed by atoms with Gasteiger partial charge in [0.1, 0.15) is 11.4 Å². The fourth-order valence-electron chi connectivity index (χ4n) is 2.43. The molecule has 0 bridgehead atoms. The van der Waals surface area contributed by atoms with Crippen LogP contribution in [0.15, 0.2) is 71.5 Å². The van der Waals surface area contributed by atoms with Crippen molar-refractivity contribution >= 4 is 5.91 Å². The minimum atomic E-state index is -4.84. The third kappa shape index (κ3) is 4.76. The van der Waals surface area contributed by atoms with Crippen molar-refractivity contribution in [2.24, 2.45) is 0 Å². The van der Waals surface area contributed by atoms with Gasteiger partial charge in [0, 0.05) is 18.2 Å². The molecule has 0 radical (unpaired) electrons. The van der Waals surface area contributed by atoms with Crippen molar-refractivity contribution in [3.05, 3.63) is 88.3 Å². The molecule has 2 aromatic carbocycles. The zero-order valence-corrected chi connectivity index (χ0v) is 14.3. The lowest BCUT2D eigenvalue weighted by atomic mass is 10.2. The standard InChI is InChI=1S/C19H14F3N3O3/c20-19(21,22)28-16-9-5-4-6-13(16)12-23-18(27)15-10-11-17(26)25(24-15)14-7-2-1-3-8-14/h1-11H,12H2,(H,23,27). The molecule has 6 nitrogen and oxygen atoms in total. The number of hydrogen-bond donors (Lipinski definition) is 1. The van der Waals surface area contributed by atoms with Crippen molar-refractivity contribution in [2.75, 3.05) is 0 Å². The summed E-state index contributed by atoms with van der Waals surface area (Å²) in [5.74, 6) is -1.05. The molecular formula is C19H14F3N3O3. The van der Waals surface area contributed by atoms with Crippen LogP contribution in [0.4, 0.5) is 13.2 Å². The van der Waals surface area contributed by atoms with Crippen molar-refractivity contribution in [1.82, 2.24) is 15.1 Å². The lowest BCUT2D eigenvalue weighted by molar-refractivity contribution is -0.274. The molecule has 0 aliphatic heterocycles. The molecule has 9 heteroatoms. The third-order valence-corrected chi connectivity index (χ3v) is 3.67. The quantitative estimate of drug-likeness (QED) is 0.728. The zero-order valence-electron chi connectivity index (χ0n) is 14.3. The second-order valence-electron chi connectivity index (χ2n) is 5.64. The Hall–Kier alpha value is -3.62. The van der Waals surface area contributed by atoms with Gasteiger partial charge in [-0.15, -0.1) is 13.2 Å². The Morgan fingerprint density at radius 3 is 2.39 bits per heavy atom. The summed E-state index contributed by atoms with van der Waals surface area (Å²) in [6, 6.07) is 16.4. The minimum Gasteiger partial charge on any atom is -0.405 e. The van der Waals surface area contributed by atoms with Gasteiger partial charge >= 0.3 is 6.36 Å². The molecule has 1 aromatic heterocycles. The van der Waals surface area contributed by atoms with E-state index in [1.165, 1.54) is 30.3 Å². The molecule has 0 atom stereocenters. The molecule has 3 rings (SSSR count). The number of aromatic nitrogens is 2. The highest BCUT2D eigenvalue weighted by molar-refractivity contribution is 5.92. The molecule has 1 N–H and O–H groups in total. The second kappa shape index (κ2) is 7.95.